The van der Waals surface area contributed by atoms with E-state index in [0.717, 1.165) is 39.0 Å². The Morgan fingerprint density at radius 3 is 1.64 bits per heavy atom. The molecule has 0 bridgehead atoms. The normalized spacial score (nSPS) is 9.50. The Kier molecular flexibility index (Phi) is 17.2. The summed E-state index contributed by atoms with van der Waals surface area (Å²) < 4.78 is 0. The third-order valence-electron chi connectivity index (χ3n) is 1.39. The lowest BCUT2D eigenvalue weighted by atomic mass is 10.4. The summed E-state index contributed by atoms with van der Waals surface area (Å²) in [4.78, 5) is 0. The molecule has 0 saturated carbocycles. The molecule has 0 atom stereocenters. The van der Waals surface area contributed by atoms with E-state index in [1.54, 1.807) is 0 Å². The van der Waals surface area contributed by atoms with Gasteiger partial charge in [0.15, 0.2) is 0 Å². The number of hydrogen-bond acceptors (Lipinski definition) is 5. The minimum Gasteiger partial charge on any atom is -0.330 e. The van der Waals surface area contributed by atoms with Crippen molar-refractivity contribution in [3.05, 3.63) is 12.7 Å². The highest BCUT2D eigenvalue weighted by Crippen LogP contribution is 1.72. The molecule has 0 saturated heterocycles. The molecule has 0 heterocycles. The first-order valence-corrected chi connectivity index (χ1v) is 4.93. The lowest BCUT2D eigenvalue weighted by Crippen LogP contribution is -2.26. The van der Waals surface area contributed by atoms with Crippen LogP contribution in [0.5, 0.6) is 0 Å². The maximum atomic E-state index is 5.28. The van der Waals surface area contributed by atoms with Gasteiger partial charge in [-0.1, -0.05) is 6.08 Å². The van der Waals surface area contributed by atoms with Crippen LogP contribution < -0.4 is 28.3 Å². The van der Waals surface area contributed by atoms with E-state index in [1.807, 2.05) is 0 Å². The van der Waals surface area contributed by atoms with E-state index < -0.39 is 0 Å². The molecular weight excluding hydrogens is 178 g/mol. The molecule has 5 nitrogen and oxygen atoms in total. The number of hydrogen-bond donors (Lipinski definition) is 5. The Hall–Kier alpha value is -0.460. The predicted molar refractivity (Wildman–Crippen MR) is 62.6 cm³/mol. The lowest BCUT2D eigenvalue weighted by molar-refractivity contribution is 0.631. The van der Waals surface area contributed by atoms with Crippen molar-refractivity contribution in [2.24, 2.45) is 22.9 Å². The Morgan fingerprint density at radius 2 is 1.43 bits per heavy atom. The maximum Gasteiger partial charge on any atom is 0.0710 e. The van der Waals surface area contributed by atoms with Gasteiger partial charge in [0.25, 0.3) is 0 Å². The van der Waals surface area contributed by atoms with Crippen LogP contribution in [0, 0.1) is 0 Å². The predicted octanol–water partition coefficient (Wildman–Crippen LogP) is -1.31. The van der Waals surface area contributed by atoms with Gasteiger partial charge in [-0.2, -0.15) is 0 Å². The van der Waals surface area contributed by atoms with Crippen molar-refractivity contribution in [2.75, 3.05) is 26.2 Å². The van der Waals surface area contributed by atoms with Gasteiger partial charge < -0.3 is 28.3 Å². The molecule has 86 valence electrons. The van der Waals surface area contributed by atoms with E-state index >= 15 is 0 Å². The van der Waals surface area contributed by atoms with Gasteiger partial charge in [0, 0.05) is 0 Å². The van der Waals surface area contributed by atoms with E-state index in [4.69, 9.17) is 22.9 Å². The van der Waals surface area contributed by atoms with Gasteiger partial charge in [-0.05, 0) is 39.0 Å². The van der Waals surface area contributed by atoms with Crippen LogP contribution >= 0.6 is 0 Å². The number of nitrogens with two attached hydrogens (primary N) is 4. The Labute approximate surface area is 86.9 Å². The van der Waals surface area contributed by atoms with Gasteiger partial charge in [-0.15, -0.1) is 6.58 Å². The first-order valence-electron chi connectivity index (χ1n) is 4.93. The average molecular weight is 203 g/mol. The van der Waals surface area contributed by atoms with Crippen molar-refractivity contribution in [1.82, 2.24) is 5.32 Å². The summed E-state index contributed by atoms with van der Waals surface area (Å²) in [5, 5.41) is 3.23. The summed E-state index contributed by atoms with van der Waals surface area (Å²) in [7, 11) is 0. The summed E-state index contributed by atoms with van der Waals surface area (Å²) in [6, 6.07) is 0. The van der Waals surface area contributed by atoms with Crippen LogP contribution in [0.15, 0.2) is 12.7 Å². The van der Waals surface area contributed by atoms with E-state index in [2.05, 4.69) is 11.9 Å². The summed E-state index contributed by atoms with van der Waals surface area (Å²) in [5.41, 5.74) is 20.5. The zero-order valence-electron chi connectivity index (χ0n) is 8.91. The Balaban J connectivity index is 0. The molecule has 0 aromatic carbocycles. The van der Waals surface area contributed by atoms with E-state index in [-0.39, 0.29) is 6.17 Å². The largest absolute Gasteiger partial charge is 0.330 e. The fourth-order valence-electron chi connectivity index (χ4n) is 0.579. The fraction of sp³-hybridized carbons (Fsp3) is 0.778. The van der Waals surface area contributed by atoms with Crippen LogP contribution in [0.4, 0.5) is 0 Å². The molecule has 0 aliphatic carbocycles. The van der Waals surface area contributed by atoms with Crippen molar-refractivity contribution < 1.29 is 0 Å². The zero-order valence-corrected chi connectivity index (χ0v) is 8.91. The minimum atomic E-state index is -0.352. The van der Waals surface area contributed by atoms with Crippen LogP contribution in [-0.2, 0) is 0 Å². The highest BCUT2D eigenvalue weighted by molar-refractivity contribution is 4.75. The molecular formula is C9H25N5. The molecule has 9 N–H and O–H groups in total. The second kappa shape index (κ2) is 15.0. The van der Waals surface area contributed by atoms with E-state index in [1.165, 1.54) is 6.08 Å². The van der Waals surface area contributed by atoms with Crippen molar-refractivity contribution in [1.29, 1.82) is 0 Å². The third-order valence-corrected chi connectivity index (χ3v) is 1.39. The first-order chi connectivity index (χ1) is 6.68. The standard InChI is InChI=1S/C6H17N3.C3H8N2/c7-3-1-5-9-6-2-4-8;1-2-3(4)5/h9H,1-8H2;2-3H,1,4-5H2. The van der Waals surface area contributed by atoms with Gasteiger partial charge in [0.2, 0.25) is 0 Å². The highest BCUT2D eigenvalue weighted by Gasteiger charge is 1.83. The van der Waals surface area contributed by atoms with Crippen molar-refractivity contribution >= 4 is 0 Å². The van der Waals surface area contributed by atoms with Gasteiger partial charge in [0.05, 0.1) is 6.17 Å². The molecule has 0 aliphatic rings. The van der Waals surface area contributed by atoms with Crippen LogP contribution in [0.1, 0.15) is 12.8 Å². The number of nitrogens with one attached hydrogen (secondary N) is 1. The number of rotatable bonds is 7. The van der Waals surface area contributed by atoms with Crippen LogP contribution in [0.3, 0.4) is 0 Å². The Bertz CT molecular complexity index is 99.4. The topological polar surface area (TPSA) is 116 Å². The molecule has 5 heteroatoms. The van der Waals surface area contributed by atoms with Crippen LogP contribution in [0.25, 0.3) is 0 Å². The van der Waals surface area contributed by atoms with Gasteiger partial charge in [-0.3, -0.25) is 0 Å². The van der Waals surface area contributed by atoms with Gasteiger partial charge >= 0.3 is 0 Å². The summed E-state index contributed by atoms with van der Waals surface area (Å²) in [6.07, 6.45) is 3.24. The first kappa shape index (κ1) is 16.0. The Morgan fingerprint density at radius 1 is 1.07 bits per heavy atom. The van der Waals surface area contributed by atoms with Crippen molar-refractivity contribution in [2.45, 2.75) is 19.0 Å². The molecule has 0 spiro atoms. The lowest BCUT2D eigenvalue weighted by Gasteiger charge is -2.00. The quantitative estimate of drug-likeness (QED) is 0.200. The minimum absolute atomic E-state index is 0.352. The summed E-state index contributed by atoms with van der Waals surface area (Å²) >= 11 is 0. The monoisotopic (exact) mass is 203 g/mol. The van der Waals surface area contributed by atoms with Crippen LogP contribution in [-0.4, -0.2) is 32.3 Å². The van der Waals surface area contributed by atoms with Gasteiger partial charge in [-0.25, -0.2) is 0 Å². The molecule has 0 aromatic heterocycles. The van der Waals surface area contributed by atoms with Crippen molar-refractivity contribution in [3.8, 4) is 0 Å². The molecule has 14 heavy (non-hydrogen) atoms. The fourth-order valence-corrected chi connectivity index (χ4v) is 0.579. The second-order valence-corrected chi connectivity index (χ2v) is 2.85. The smallest absolute Gasteiger partial charge is 0.0710 e. The third kappa shape index (κ3) is 22.5. The second-order valence-electron chi connectivity index (χ2n) is 2.85. The zero-order chi connectivity index (χ0) is 11.2. The molecule has 0 amide bonds. The highest BCUT2D eigenvalue weighted by atomic mass is 14.8. The molecule has 0 aromatic rings. The van der Waals surface area contributed by atoms with Gasteiger partial charge in [0.1, 0.15) is 0 Å². The molecule has 0 fully saturated rings. The summed E-state index contributed by atoms with van der Waals surface area (Å²) in [5.74, 6) is 0. The molecule has 0 aliphatic heterocycles. The average Bonchev–Trinajstić information content (AvgIpc) is 2.19. The van der Waals surface area contributed by atoms with E-state index in [9.17, 15) is 0 Å². The van der Waals surface area contributed by atoms with E-state index in [0.29, 0.717) is 0 Å². The molecule has 0 unspecified atom stereocenters. The maximum absolute atomic E-state index is 5.28. The molecule has 0 radical (unpaired) electrons. The van der Waals surface area contributed by atoms with Crippen molar-refractivity contribution in [3.63, 3.8) is 0 Å². The van der Waals surface area contributed by atoms with Crippen LogP contribution in [0.2, 0.25) is 0 Å². The SMILES string of the molecule is C=CC(N)N.NCCCNCCCN. The summed E-state index contributed by atoms with van der Waals surface area (Å²) in [6.45, 7) is 6.91. The molecule has 0 rings (SSSR count).